The Kier molecular flexibility index (Phi) is 2.49. The lowest BCUT2D eigenvalue weighted by molar-refractivity contribution is 0.0841. The molecule has 1 aliphatic carbocycles. The van der Waals surface area contributed by atoms with E-state index in [4.69, 9.17) is 10.8 Å². The quantitative estimate of drug-likeness (QED) is 0.566. The molecule has 2 nitrogen and oxygen atoms in total. The highest BCUT2D eigenvalue weighted by Crippen LogP contribution is 2.24. The SMILES string of the molecule is [NH]C(O)C1CCCCC1. The molecule has 1 fully saturated rings. The minimum Gasteiger partial charge on any atom is -0.377 e. The summed E-state index contributed by atoms with van der Waals surface area (Å²) in [5, 5.41) is 8.84. The lowest BCUT2D eigenvalue weighted by Crippen LogP contribution is -2.23. The Bertz CT molecular complexity index is 77.0. The van der Waals surface area contributed by atoms with Crippen LogP contribution < -0.4 is 5.73 Å². The number of aliphatic hydroxyl groups is 1. The fourth-order valence-corrected chi connectivity index (χ4v) is 1.45. The van der Waals surface area contributed by atoms with E-state index in [1.807, 2.05) is 0 Å². The molecule has 1 radical (unpaired) electrons. The Balaban J connectivity index is 2.23. The summed E-state index contributed by atoms with van der Waals surface area (Å²) in [6.45, 7) is 0. The summed E-state index contributed by atoms with van der Waals surface area (Å²) >= 11 is 0. The molecule has 1 saturated carbocycles. The van der Waals surface area contributed by atoms with Gasteiger partial charge < -0.3 is 5.11 Å². The van der Waals surface area contributed by atoms with Gasteiger partial charge in [-0.1, -0.05) is 19.3 Å². The van der Waals surface area contributed by atoms with Gasteiger partial charge in [0.15, 0.2) is 0 Å². The molecule has 9 heavy (non-hydrogen) atoms. The van der Waals surface area contributed by atoms with Gasteiger partial charge in [-0.2, -0.15) is 0 Å². The zero-order valence-electron chi connectivity index (χ0n) is 5.64. The molecule has 0 heterocycles. The van der Waals surface area contributed by atoms with Crippen molar-refractivity contribution in [2.45, 2.75) is 38.3 Å². The Hall–Kier alpha value is -0.0800. The molecule has 0 bridgehead atoms. The fourth-order valence-electron chi connectivity index (χ4n) is 1.45. The highest BCUT2D eigenvalue weighted by molar-refractivity contribution is 4.68. The van der Waals surface area contributed by atoms with Crippen molar-refractivity contribution in [2.75, 3.05) is 0 Å². The van der Waals surface area contributed by atoms with E-state index >= 15 is 0 Å². The topological polar surface area (TPSA) is 44.0 Å². The van der Waals surface area contributed by atoms with E-state index < -0.39 is 6.23 Å². The number of hydrogen-bond donors (Lipinski definition) is 1. The molecule has 0 amide bonds. The highest BCUT2D eigenvalue weighted by Gasteiger charge is 2.18. The molecule has 0 aromatic rings. The largest absolute Gasteiger partial charge is 0.377 e. The third-order valence-corrected chi connectivity index (χ3v) is 2.10. The van der Waals surface area contributed by atoms with Crippen LogP contribution in [0.4, 0.5) is 0 Å². The third kappa shape index (κ3) is 1.95. The zero-order chi connectivity index (χ0) is 6.69. The summed E-state index contributed by atoms with van der Waals surface area (Å²) in [5.41, 5.74) is 7.03. The standard InChI is InChI=1S/C7H14NO/c8-7(9)6-4-2-1-3-5-6/h6-9H,1-5H2. The Morgan fingerprint density at radius 1 is 1.22 bits per heavy atom. The van der Waals surface area contributed by atoms with Crippen LogP contribution in [0.3, 0.4) is 0 Å². The lowest BCUT2D eigenvalue weighted by atomic mass is 9.88. The molecular formula is C7H14NO. The lowest BCUT2D eigenvalue weighted by Gasteiger charge is -2.22. The van der Waals surface area contributed by atoms with Crippen molar-refractivity contribution in [2.24, 2.45) is 5.92 Å². The van der Waals surface area contributed by atoms with E-state index in [0.717, 1.165) is 12.8 Å². The molecule has 0 aliphatic heterocycles. The van der Waals surface area contributed by atoms with Crippen LogP contribution in [0.25, 0.3) is 0 Å². The first kappa shape index (κ1) is 7.03. The van der Waals surface area contributed by atoms with Gasteiger partial charge in [0.05, 0.1) is 0 Å². The van der Waals surface area contributed by atoms with E-state index in [1.165, 1.54) is 19.3 Å². The van der Waals surface area contributed by atoms with Crippen LogP contribution in [0.1, 0.15) is 32.1 Å². The maximum atomic E-state index is 8.84. The number of nitrogens with one attached hydrogen (secondary N) is 1. The molecule has 53 valence electrons. The van der Waals surface area contributed by atoms with Crippen LogP contribution in [-0.4, -0.2) is 11.3 Å². The molecule has 1 aliphatic rings. The molecule has 2 N–H and O–H groups in total. The maximum absolute atomic E-state index is 8.84. The van der Waals surface area contributed by atoms with Gasteiger partial charge in [0.1, 0.15) is 6.23 Å². The van der Waals surface area contributed by atoms with Crippen molar-refractivity contribution in [3.8, 4) is 0 Å². The first-order valence-corrected chi connectivity index (χ1v) is 3.70. The summed E-state index contributed by atoms with van der Waals surface area (Å²) in [4.78, 5) is 0. The predicted octanol–water partition coefficient (Wildman–Crippen LogP) is 1.17. The average Bonchev–Trinajstić information content (AvgIpc) is 1.90. The number of hydrogen-bond acceptors (Lipinski definition) is 1. The molecular weight excluding hydrogens is 114 g/mol. The van der Waals surface area contributed by atoms with Crippen molar-refractivity contribution in [1.29, 1.82) is 0 Å². The van der Waals surface area contributed by atoms with Gasteiger partial charge in [0.2, 0.25) is 0 Å². The maximum Gasteiger partial charge on any atom is 0.120 e. The smallest absolute Gasteiger partial charge is 0.120 e. The van der Waals surface area contributed by atoms with Gasteiger partial charge in [-0.3, -0.25) is 0 Å². The predicted molar refractivity (Wildman–Crippen MR) is 35.7 cm³/mol. The Labute approximate surface area is 56.1 Å². The van der Waals surface area contributed by atoms with Crippen LogP contribution in [-0.2, 0) is 0 Å². The highest BCUT2D eigenvalue weighted by atomic mass is 16.3. The van der Waals surface area contributed by atoms with Crippen LogP contribution in [0, 0.1) is 5.92 Å². The second kappa shape index (κ2) is 3.18. The van der Waals surface area contributed by atoms with Gasteiger partial charge in [-0.15, -0.1) is 0 Å². The van der Waals surface area contributed by atoms with E-state index in [2.05, 4.69) is 0 Å². The van der Waals surface area contributed by atoms with Gasteiger partial charge in [0.25, 0.3) is 0 Å². The van der Waals surface area contributed by atoms with Crippen molar-refractivity contribution in [3.63, 3.8) is 0 Å². The van der Waals surface area contributed by atoms with Crippen molar-refractivity contribution in [1.82, 2.24) is 5.73 Å². The second-order valence-corrected chi connectivity index (χ2v) is 2.84. The van der Waals surface area contributed by atoms with E-state index in [1.54, 1.807) is 0 Å². The summed E-state index contributed by atoms with van der Waals surface area (Å²) < 4.78 is 0. The van der Waals surface area contributed by atoms with Crippen LogP contribution in [0.5, 0.6) is 0 Å². The van der Waals surface area contributed by atoms with E-state index in [9.17, 15) is 0 Å². The van der Waals surface area contributed by atoms with Gasteiger partial charge in [-0.05, 0) is 18.8 Å². The number of aliphatic hydroxyl groups excluding tert-OH is 1. The molecule has 2 heteroatoms. The first-order valence-electron chi connectivity index (χ1n) is 3.70. The third-order valence-electron chi connectivity index (χ3n) is 2.10. The number of rotatable bonds is 1. The summed E-state index contributed by atoms with van der Waals surface area (Å²) in [5.74, 6) is 0.277. The van der Waals surface area contributed by atoms with Gasteiger partial charge in [-0.25, -0.2) is 5.73 Å². The first-order chi connectivity index (χ1) is 4.30. The fraction of sp³-hybridized carbons (Fsp3) is 1.00. The molecule has 0 spiro atoms. The van der Waals surface area contributed by atoms with E-state index in [0.29, 0.717) is 0 Å². The van der Waals surface area contributed by atoms with E-state index in [-0.39, 0.29) is 5.92 Å². The summed E-state index contributed by atoms with van der Waals surface area (Å²) in [6.07, 6.45) is 5.02. The average molecular weight is 128 g/mol. The molecule has 0 aromatic carbocycles. The van der Waals surface area contributed by atoms with Crippen molar-refractivity contribution in [3.05, 3.63) is 0 Å². The monoisotopic (exact) mass is 128 g/mol. The molecule has 1 atom stereocenters. The van der Waals surface area contributed by atoms with Gasteiger partial charge in [0, 0.05) is 0 Å². The van der Waals surface area contributed by atoms with Gasteiger partial charge >= 0.3 is 0 Å². The molecule has 0 aromatic heterocycles. The molecule has 1 unspecified atom stereocenters. The summed E-state index contributed by atoms with van der Waals surface area (Å²) in [7, 11) is 0. The second-order valence-electron chi connectivity index (χ2n) is 2.84. The van der Waals surface area contributed by atoms with Crippen molar-refractivity contribution < 1.29 is 5.11 Å². The van der Waals surface area contributed by atoms with Crippen LogP contribution in [0.2, 0.25) is 0 Å². The van der Waals surface area contributed by atoms with Crippen LogP contribution >= 0.6 is 0 Å². The molecule has 1 rings (SSSR count). The Morgan fingerprint density at radius 2 is 1.78 bits per heavy atom. The molecule has 0 saturated heterocycles. The normalized spacial score (nSPS) is 26.0. The Morgan fingerprint density at radius 3 is 2.11 bits per heavy atom. The van der Waals surface area contributed by atoms with Crippen molar-refractivity contribution >= 4 is 0 Å². The minimum atomic E-state index is -0.815. The summed E-state index contributed by atoms with van der Waals surface area (Å²) in [6, 6.07) is 0. The minimum absolute atomic E-state index is 0.277. The zero-order valence-corrected chi connectivity index (χ0v) is 5.64. The van der Waals surface area contributed by atoms with Crippen LogP contribution in [0.15, 0.2) is 0 Å².